The molecule has 12 heteroatoms. The number of hydrogen-bond acceptors (Lipinski definition) is 10. The minimum Gasteiger partial charge on any atom is -0.507 e. The zero-order chi connectivity index (χ0) is 28.3. The SMILES string of the molecule is CN(C)c1cc(CNCCF)c(O)c2c1C[C@H]1C[C@H]3C(N(C)C)C(=O)C(C(N)=O)C(=O)[C@@]3(O)C(=O)C1C2=O. The third-order valence-corrected chi connectivity index (χ3v) is 8.19. The third kappa shape index (κ3) is 3.93. The van der Waals surface area contributed by atoms with Crippen molar-refractivity contribution in [1.82, 2.24) is 10.2 Å². The number of phenols is 1. The van der Waals surface area contributed by atoms with Crippen molar-refractivity contribution in [2.75, 3.05) is 46.3 Å². The van der Waals surface area contributed by atoms with E-state index in [0.717, 1.165) is 0 Å². The number of benzene rings is 1. The molecule has 5 N–H and O–H groups in total. The Hall–Kier alpha value is -3.22. The van der Waals surface area contributed by atoms with Crippen molar-refractivity contribution < 1.29 is 38.6 Å². The van der Waals surface area contributed by atoms with E-state index in [1.54, 1.807) is 25.1 Å². The average molecular weight is 533 g/mol. The summed E-state index contributed by atoms with van der Waals surface area (Å²) in [6.45, 7) is -0.523. The number of aliphatic hydroxyl groups is 1. The normalized spacial score (nSPS) is 30.7. The summed E-state index contributed by atoms with van der Waals surface area (Å²) in [6, 6.07) is 0.545. The summed E-state index contributed by atoms with van der Waals surface area (Å²) < 4.78 is 12.6. The molecule has 0 spiro atoms. The largest absolute Gasteiger partial charge is 0.507 e. The summed E-state index contributed by atoms with van der Waals surface area (Å²) in [5, 5.41) is 25.6. The topological polar surface area (TPSA) is 170 Å². The highest BCUT2D eigenvalue weighted by molar-refractivity contribution is 6.32. The van der Waals surface area contributed by atoms with E-state index >= 15 is 0 Å². The molecule has 0 aliphatic heterocycles. The number of likely N-dealkylation sites (N-methyl/N-ethyl adjacent to an activating group) is 1. The number of ketones is 4. The summed E-state index contributed by atoms with van der Waals surface area (Å²) in [6.07, 6.45) is 0.155. The summed E-state index contributed by atoms with van der Waals surface area (Å²) in [4.78, 5) is 69.6. The van der Waals surface area contributed by atoms with Crippen LogP contribution < -0.4 is 16.0 Å². The first-order valence-electron chi connectivity index (χ1n) is 12.4. The number of aromatic hydroxyl groups is 1. The lowest BCUT2D eigenvalue weighted by molar-refractivity contribution is -0.181. The number of nitrogens with zero attached hydrogens (tertiary/aromatic N) is 2. The third-order valence-electron chi connectivity index (χ3n) is 8.19. The Balaban J connectivity index is 1.86. The smallest absolute Gasteiger partial charge is 0.235 e. The maximum Gasteiger partial charge on any atom is 0.235 e. The number of nitrogens with one attached hydrogen (secondary N) is 1. The van der Waals surface area contributed by atoms with Gasteiger partial charge in [0.25, 0.3) is 0 Å². The van der Waals surface area contributed by atoms with Gasteiger partial charge in [-0.1, -0.05) is 0 Å². The number of carbonyl (C=O) groups excluding carboxylic acids is 5. The molecular formula is C26H33FN4O7. The van der Waals surface area contributed by atoms with Crippen molar-refractivity contribution in [1.29, 1.82) is 0 Å². The van der Waals surface area contributed by atoms with Crippen LogP contribution in [0.3, 0.4) is 0 Å². The van der Waals surface area contributed by atoms with E-state index in [1.807, 2.05) is 0 Å². The molecule has 3 aliphatic rings. The van der Waals surface area contributed by atoms with Crippen LogP contribution in [0.2, 0.25) is 0 Å². The van der Waals surface area contributed by atoms with Gasteiger partial charge in [-0.2, -0.15) is 0 Å². The zero-order valence-electron chi connectivity index (χ0n) is 21.8. The number of primary amides is 1. The number of rotatable bonds is 7. The van der Waals surface area contributed by atoms with Gasteiger partial charge in [-0.25, -0.2) is 4.39 Å². The number of phenolic OH excluding ortho intramolecular Hbond substituents is 1. The number of amides is 1. The summed E-state index contributed by atoms with van der Waals surface area (Å²) in [5.74, 6) is -10.9. The van der Waals surface area contributed by atoms with Crippen molar-refractivity contribution in [3.8, 4) is 5.75 Å². The maximum atomic E-state index is 13.9. The van der Waals surface area contributed by atoms with E-state index < -0.39 is 71.0 Å². The van der Waals surface area contributed by atoms with Gasteiger partial charge >= 0.3 is 0 Å². The number of halogens is 1. The summed E-state index contributed by atoms with van der Waals surface area (Å²) >= 11 is 0. The summed E-state index contributed by atoms with van der Waals surface area (Å²) in [7, 11) is 6.60. The van der Waals surface area contributed by atoms with E-state index in [2.05, 4.69) is 5.32 Å². The fourth-order valence-electron chi connectivity index (χ4n) is 6.53. The molecule has 0 aromatic heterocycles. The van der Waals surface area contributed by atoms with Gasteiger partial charge in [-0.05, 0) is 44.5 Å². The Labute approximate surface area is 219 Å². The quantitative estimate of drug-likeness (QED) is 0.252. The molecule has 2 fully saturated rings. The number of carbonyl (C=O) groups is 5. The van der Waals surface area contributed by atoms with Crippen LogP contribution in [-0.2, 0) is 32.1 Å². The summed E-state index contributed by atoms with van der Waals surface area (Å²) in [5.41, 5.74) is 3.95. The van der Waals surface area contributed by atoms with E-state index in [9.17, 15) is 38.6 Å². The average Bonchev–Trinajstić information content (AvgIpc) is 2.82. The van der Waals surface area contributed by atoms with E-state index in [0.29, 0.717) is 16.8 Å². The molecule has 38 heavy (non-hydrogen) atoms. The fraction of sp³-hybridized carbons (Fsp3) is 0.577. The molecule has 1 amide bonds. The molecule has 6 atom stereocenters. The highest BCUT2D eigenvalue weighted by atomic mass is 19.1. The first kappa shape index (κ1) is 27.8. The molecule has 3 aliphatic carbocycles. The molecule has 11 nitrogen and oxygen atoms in total. The fourth-order valence-corrected chi connectivity index (χ4v) is 6.53. The molecule has 1 aromatic carbocycles. The minimum atomic E-state index is -2.77. The predicted molar refractivity (Wildman–Crippen MR) is 133 cm³/mol. The molecule has 206 valence electrons. The molecule has 1 aromatic rings. The van der Waals surface area contributed by atoms with Crippen LogP contribution in [0.5, 0.6) is 5.75 Å². The molecule has 0 radical (unpaired) electrons. The van der Waals surface area contributed by atoms with E-state index in [-0.39, 0.29) is 37.2 Å². The van der Waals surface area contributed by atoms with Crippen LogP contribution in [0.1, 0.15) is 27.9 Å². The first-order valence-corrected chi connectivity index (χ1v) is 12.4. The second kappa shape index (κ2) is 9.83. The van der Waals surface area contributed by atoms with Crippen molar-refractivity contribution in [2.24, 2.45) is 29.4 Å². The molecule has 4 rings (SSSR count). The Morgan fingerprint density at radius 3 is 2.39 bits per heavy atom. The van der Waals surface area contributed by atoms with Gasteiger partial charge in [0.05, 0.1) is 17.5 Å². The number of fused-ring (bicyclic) bond motifs is 3. The van der Waals surface area contributed by atoms with Crippen LogP contribution in [0.25, 0.3) is 0 Å². The van der Waals surface area contributed by atoms with Crippen LogP contribution in [0.4, 0.5) is 10.1 Å². The van der Waals surface area contributed by atoms with Gasteiger partial charge in [-0.15, -0.1) is 0 Å². The lowest BCUT2D eigenvalue weighted by Gasteiger charge is -2.52. The van der Waals surface area contributed by atoms with Gasteiger partial charge in [0.15, 0.2) is 34.7 Å². The lowest BCUT2D eigenvalue weighted by atomic mass is 9.52. The first-order chi connectivity index (χ1) is 17.8. The van der Waals surface area contributed by atoms with Gasteiger partial charge in [-0.3, -0.25) is 28.9 Å². The predicted octanol–water partition coefficient (Wildman–Crippen LogP) is -1.01. The number of alkyl halides is 1. The van der Waals surface area contributed by atoms with Gasteiger partial charge in [0, 0.05) is 44.4 Å². The number of anilines is 1. The number of nitrogens with two attached hydrogens (primary N) is 1. The second-order valence-electron chi connectivity index (χ2n) is 10.8. The highest BCUT2D eigenvalue weighted by Gasteiger charge is 2.69. The Kier molecular flexibility index (Phi) is 7.19. The van der Waals surface area contributed by atoms with E-state index in [1.165, 1.54) is 19.0 Å². The molecular weight excluding hydrogens is 499 g/mol. The van der Waals surface area contributed by atoms with Crippen LogP contribution in [0, 0.1) is 23.7 Å². The Morgan fingerprint density at radius 2 is 1.84 bits per heavy atom. The van der Waals surface area contributed by atoms with Crippen LogP contribution in [-0.4, -0.2) is 97.2 Å². The standard InChI is InChI=1S/C26H33FN4O7/c1-30(2)15-9-12(10-29-6-5-27)20(32)17-13(15)7-11-8-14-19(31(3)4)22(34)18(25(28)37)24(36)26(14,38)23(35)16(11)21(17)33/h9,11,14,16,18-19,29,32,38H,5-8,10H2,1-4H3,(H2,28,37)/t11-,14-,16?,18?,19?,26-/m0/s1. The molecule has 2 saturated carbocycles. The molecule has 0 heterocycles. The van der Waals surface area contributed by atoms with Gasteiger partial charge < -0.3 is 26.2 Å². The lowest BCUT2D eigenvalue weighted by Crippen LogP contribution is -2.74. The molecule has 0 bridgehead atoms. The van der Waals surface area contributed by atoms with Crippen LogP contribution in [0.15, 0.2) is 6.07 Å². The highest BCUT2D eigenvalue weighted by Crippen LogP contribution is 2.52. The number of hydrogen-bond donors (Lipinski definition) is 4. The van der Waals surface area contributed by atoms with E-state index in [4.69, 9.17) is 5.73 Å². The molecule has 0 saturated heterocycles. The zero-order valence-corrected chi connectivity index (χ0v) is 21.8. The number of Topliss-reactive ketones (excluding diaryl/α,β-unsaturated/α-hetero) is 4. The van der Waals surface area contributed by atoms with Crippen LogP contribution >= 0.6 is 0 Å². The Bertz CT molecular complexity index is 1230. The Morgan fingerprint density at radius 1 is 1.18 bits per heavy atom. The van der Waals surface area contributed by atoms with Gasteiger partial charge in [0.1, 0.15) is 12.4 Å². The van der Waals surface area contributed by atoms with Crippen molar-refractivity contribution in [2.45, 2.75) is 31.0 Å². The van der Waals surface area contributed by atoms with Crippen molar-refractivity contribution in [3.63, 3.8) is 0 Å². The minimum absolute atomic E-state index is 0.0165. The maximum absolute atomic E-state index is 13.9. The molecule has 3 unspecified atom stereocenters. The van der Waals surface area contributed by atoms with Gasteiger partial charge in [0.2, 0.25) is 5.91 Å². The second-order valence-corrected chi connectivity index (χ2v) is 10.8. The van der Waals surface area contributed by atoms with Crippen molar-refractivity contribution in [3.05, 3.63) is 22.8 Å². The van der Waals surface area contributed by atoms with Crippen molar-refractivity contribution >= 4 is 34.7 Å². The monoisotopic (exact) mass is 532 g/mol.